The van der Waals surface area contributed by atoms with Crippen molar-refractivity contribution in [3.05, 3.63) is 99.8 Å². The summed E-state index contributed by atoms with van der Waals surface area (Å²) in [6, 6.07) is 16.9. The molecular weight excluding hydrogens is 445 g/mol. The van der Waals surface area contributed by atoms with Crippen LogP contribution in [0, 0.1) is 26.6 Å². The number of carbonyl (C=O) groups is 2. The first-order valence-electron chi connectivity index (χ1n) is 10.1. The van der Waals surface area contributed by atoms with Crippen LogP contribution in [0.15, 0.2) is 60.7 Å². The van der Waals surface area contributed by atoms with Gasteiger partial charge in [0.2, 0.25) is 0 Å². The van der Waals surface area contributed by atoms with Gasteiger partial charge in [-0.1, -0.05) is 29.8 Å². The fourth-order valence-corrected chi connectivity index (χ4v) is 4.08. The Labute approximate surface area is 194 Å². The third-order valence-electron chi connectivity index (χ3n) is 5.28. The minimum Gasteiger partial charge on any atom is -0.318 e. The van der Waals surface area contributed by atoms with Crippen LogP contribution < -0.4 is 10.9 Å². The van der Waals surface area contributed by atoms with E-state index in [0.29, 0.717) is 22.6 Å². The molecule has 0 aliphatic rings. The minimum atomic E-state index is -0.583. The third-order valence-corrected chi connectivity index (χ3v) is 5.63. The van der Waals surface area contributed by atoms with Crippen LogP contribution in [0.2, 0.25) is 5.15 Å². The predicted octanol–water partition coefficient (Wildman–Crippen LogP) is 4.46. The lowest BCUT2D eigenvalue weighted by Crippen LogP contribution is -2.42. The molecule has 0 unspecified atom stereocenters. The molecule has 2 heterocycles. The Morgan fingerprint density at radius 2 is 1.55 bits per heavy atom. The van der Waals surface area contributed by atoms with Crippen LogP contribution in [0.3, 0.4) is 0 Å². The first-order valence-corrected chi connectivity index (χ1v) is 10.5. The molecule has 0 radical (unpaired) electrons. The molecule has 2 N–H and O–H groups in total. The van der Waals surface area contributed by atoms with Crippen molar-refractivity contribution < 1.29 is 14.0 Å². The molecule has 168 valence electrons. The topological polar surface area (TPSA) is 81.0 Å². The van der Waals surface area contributed by atoms with Gasteiger partial charge in [-0.2, -0.15) is 5.10 Å². The lowest BCUT2D eigenvalue weighted by atomic mass is 10.2. The number of nitrogens with zero attached hydrogens (tertiary/aromatic N) is 3. The normalized spacial score (nSPS) is 10.8. The van der Waals surface area contributed by atoms with Gasteiger partial charge >= 0.3 is 0 Å². The summed E-state index contributed by atoms with van der Waals surface area (Å²) in [6.07, 6.45) is 0. The summed E-state index contributed by atoms with van der Waals surface area (Å²) in [5.41, 5.74) is 8.69. The number of nitrogens with one attached hydrogen (secondary N) is 2. The summed E-state index contributed by atoms with van der Waals surface area (Å²) in [7, 11) is 0. The van der Waals surface area contributed by atoms with Crippen molar-refractivity contribution >= 4 is 23.4 Å². The van der Waals surface area contributed by atoms with Crippen LogP contribution >= 0.6 is 11.6 Å². The van der Waals surface area contributed by atoms with Crippen LogP contribution in [-0.4, -0.2) is 26.2 Å². The van der Waals surface area contributed by atoms with Crippen molar-refractivity contribution in [2.45, 2.75) is 20.8 Å². The number of hydrogen-bond acceptors (Lipinski definition) is 3. The highest BCUT2D eigenvalue weighted by atomic mass is 35.5. The Morgan fingerprint density at radius 3 is 2.21 bits per heavy atom. The number of halogens is 2. The number of amides is 2. The Morgan fingerprint density at radius 1 is 0.909 bits per heavy atom. The molecule has 0 aliphatic heterocycles. The van der Waals surface area contributed by atoms with Crippen molar-refractivity contribution in [1.29, 1.82) is 0 Å². The van der Waals surface area contributed by atoms with Gasteiger partial charge in [0.25, 0.3) is 11.8 Å². The molecule has 4 rings (SSSR count). The zero-order valence-corrected chi connectivity index (χ0v) is 18.9. The van der Waals surface area contributed by atoms with Gasteiger partial charge < -0.3 is 4.57 Å². The molecule has 0 saturated carbocycles. The first-order chi connectivity index (χ1) is 15.8. The summed E-state index contributed by atoms with van der Waals surface area (Å²) in [6.45, 7) is 5.28. The lowest BCUT2D eigenvalue weighted by molar-refractivity contribution is 0.0846. The molecule has 2 amide bonds. The van der Waals surface area contributed by atoms with Gasteiger partial charge in [-0.15, -0.1) is 0 Å². The van der Waals surface area contributed by atoms with Crippen molar-refractivity contribution in [1.82, 2.24) is 25.2 Å². The standard InChI is InChI=1S/C24H21ClFN5O2/c1-14-13-20(16(3)30(14)18-11-9-17(26)10-12-18)23(32)27-28-24(33)21-15(2)29-31(22(21)25)19-7-5-4-6-8-19/h4-13H,1-3H3,(H,27,32)(H,28,33). The van der Waals surface area contributed by atoms with Gasteiger partial charge in [0.1, 0.15) is 16.5 Å². The van der Waals surface area contributed by atoms with Gasteiger partial charge in [-0.05, 0) is 63.2 Å². The van der Waals surface area contributed by atoms with Crippen LogP contribution in [0.1, 0.15) is 37.8 Å². The lowest BCUT2D eigenvalue weighted by Gasteiger charge is -2.10. The van der Waals surface area contributed by atoms with E-state index in [1.54, 1.807) is 32.0 Å². The van der Waals surface area contributed by atoms with E-state index in [2.05, 4.69) is 16.0 Å². The van der Waals surface area contributed by atoms with Crippen molar-refractivity contribution in [2.75, 3.05) is 0 Å². The third kappa shape index (κ3) is 4.25. The average molecular weight is 466 g/mol. The van der Waals surface area contributed by atoms with Crippen molar-refractivity contribution in [3.63, 3.8) is 0 Å². The molecule has 0 saturated heterocycles. The fourth-order valence-electron chi connectivity index (χ4n) is 3.72. The van der Waals surface area contributed by atoms with Gasteiger partial charge in [0.15, 0.2) is 0 Å². The number of benzene rings is 2. The van der Waals surface area contributed by atoms with Gasteiger partial charge in [0.05, 0.1) is 16.9 Å². The van der Waals surface area contributed by atoms with Crippen molar-refractivity contribution in [2.24, 2.45) is 0 Å². The molecule has 33 heavy (non-hydrogen) atoms. The molecule has 0 bridgehead atoms. The second-order valence-electron chi connectivity index (χ2n) is 7.50. The predicted molar refractivity (Wildman–Crippen MR) is 123 cm³/mol. The van der Waals surface area contributed by atoms with E-state index in [-0.39, 0.29) is 16.5 Å². The number of carbonyl (C=O) groups excluding carboxylic acids is 2. The quantitative estimate of drug-likeness (QED) is 0.437. The number of para-hydroxylation sites is 1. The Kier molecular flexibility index (Phi) is 6.02. The Balaban J connectivity index is 1.52. The average Bonchev–Trinajstić information content (AvgIpc) is 3.27. The van der Waals surface area contributed by atoms with Gasteiger partial charge in [-0.25, -0.2) is 9.07 Å². The van der Waals surface area contributed by atoms with E-state index in [0.717, 1.165) is 11.4 Å². The summed E-state index contributed by atoms with van der Waals surface area (Å²) in [5, 5.41) is 4.48. The monoisotopic (exact) mass is 465 g/mol. The van der Waals surface area contributed by atoms with Crippen LogP contribution in [-0.2, 0) is 0 Å². The van der Waals surface area contributed by atoms with E-state index >= 15 is 0 Å². The summed E-state index contributed by atoms with van der Waals surface area (Å²) in [5.74, 6) is -1.42. The minimum absolute atomic E-state index is 0.139. The summed E-state index contributed by atoms with van der Waals surface area (Å²) in [4.78, 5) is 25.6. The Bertz CT molecular complexity index is 1340. The zero-order valence-electron chi connectivity index (χ0n) is 18.2. The van der Waals surface area contributed by atoms with Crippen LogP contribution in [0.4, 0.5) is 4.39 Å². The van der Waals surface area contributed by atoms with E-state index in [9.17, 15) is 14.0 Å². The smallest absolute Gasteiger partial charge is 0.274 e. The number of hydrazine groups is 1. The maximum Gasteiger partial charge on any atom is 0.274 e. The van der Waals surface area contributed by atoms with E-state index in [4.69, 9.17) is 11.6 Å². The number of hydrogen-bond donors (Lipinski definition) is 2. The highest BCUT2D eigenvalue weighted by Gasteiger charge is 2.23. The molecule has 9 heteroatoms. The fraction of sp³-hybridized carbons (Fsp3) is 0.125. The molecule has 4 aromatic rings. The van der Waals surface area contributed by atoms with E-state index in [1.165, 1.54) is 16.8 Å². The van der Waals surface area contributed by atoms with E-state index in [1.807, 2.05) is 41.8 Å². The SMILES string of the molecule is Cc1nn(-c2ccccc2)c(Cl)c1C(=O)NNC(=O)c1cc(C)n(-c2ccc(F)cc2)c1C. The van der Waals surface area contributed by atoms with Gasteiger partial charge in [0, 0.05) is 17.1 Å². The van der Waals surface area contributed by atoms with Crippen LogP contribution in [0.25, 0.3) is 11.4 Å². The van der Waals surface area contributed by atoms with Gasteiger partial charge in [-0.3, -0.25) is 20.4 Å². The summed E-state index contributed by atoms with van der Waals surface area (Å²) < 4.78 is 16.6. The molecule has 0 fully saturated rings. The molecule has 2 aromatic carbocycles. The second-order valence-corrected chi connectivity index (χ2v) is 7.86. The number of aryl methyl sites for hydroxylation is 2. The maximum absolute atomic E-state index is 13.3. The molecule has 0 atom stereocenters. The Hall–Kier alpha value is -3.91. The molecule has 0 spiro atoms. The number of aromatic nitrogens is 3. The highest BCUT2D eigenvalue weighted by Crippen LogP contribution is 2.24. The summed E-state index contributed by atoms with van der Waals surface area (Å²) >= 11 is 6.42. The molecule has 2 aromatic heterocycles. The molecule has 7 nitrogen and oxygen atoms in total. The zero-order chi connectivity index (χ0) is 23.7. The first kappa shape index (κ1) is 22.3. The maximum atomic E-state index is 13.3. The molecule has 0 aliphatic carbocycles. The van der Waals surface area contributed by atoms with E-state index < -0.39 is 11.8 Å². The second kappa shape index (κ2) is 8.91. The largest absolute Gasteiger partial charge is 0.318 e. The van der Waals surface area contributed by atoms with Crippen LogP contribution in [0.5, 0.6) is 0 Å². The number of rotatable bonds is 4. The molecular formula is C24H21ClFN5O2. The highest BCUT2D eigenvalue weighted by molar-refractivity contribution is 6.33. The van der Waals surface area contributed by atoms with Crippen molar-refractivity contribution in [3.8, 4) is 11.4 Å².